The zero-order chi connectivity index (χ0) is 7.72. The molecule has 1 amide bonds. The zero-order valence-corrected chi connectivity index (χ0v) is 5.53. The van der Waals surface area contributed by atoms with Gasteiger partial charge in [-0.25, -0.2) is 4.79 Å². The van der Waals surface area contributed by atoms with Crippen LogP contribution in [0.4, 0.5) is 10.6 Å². The summed E-state index contributed by atoms with van der Waals surface area (Å²) in [6.45, 7) is 1.73. The molecular formula is C5H8N4O. The Kier molecular flexibility index (Phi) is 1.33. The van der Waals surface area contributed by atoms with Gasteiger partial charge in [0.2, 0.25) is 0 Å². The number of aromatic nitrogens is 2. The van der Waals surface area contributed by atoms with Gasteiger partial charge in [-0.15, -0.1) is 0 Å². The number of anilines is 1. The van der Waals surface area contributed by atoms with E-state index in [-0.39, 0.29) is 5.82 Å². The third-order valence-corrected chi connectivity index (χ3v) is 1.07. The van der Waals surface area contributed by atoms with Gasteiger partial charge in [-0.05, 0) is 6.92 Å². The van der Waals surface area contributed by atoms with Crippen molar-refractivity contribution in [3.05, 3.63) is 11.8 Å². The van der Waals surface area contributed by atoms with Gasteiger partial charge in [-0.3, -0.25) is 0 Å². The van der Waals surface area contributed by atoms with Gasteiger partial charge in [0.05, 0.1) is 5.69 Å². The molecule has 0 spiro atoms. The van der Waals surface area contributed by atoms with Crippen molar-refractivity contribution >= 4 is 11.8 Å². The molecule has 0 bridgehead atoms. The highest BCUT2D eigenvalue weighted by molar-refractivity contribution is 5.77. The predicted molar refractivity (Wildman–Crippen MR) is 36.4 cm³/mol. The van der Waals surface area contributed by atoms with Crippen molar-refractivity contribution in [3.63, 3.8) is 0 Å². The largest absolute Gasteiger partial charge is 0.383 e. The van der Waals surface area contributed by atoms with Gasteiger partial charge in [0.1, 0.15) is 5.82 Å². The maximum atomic E-state index is 10.5. The molecule has 0 saturated carbocycles. The zero-order valence-electron chi connectivity index (χ0n) is 5.53. The molecule has 0 saturated heterocycles. The van der Waals surface area contributed by atoms with E-state index in [1.165, 1.54) is 0 Å². The quantitative estimate of drug-likeness (QED) is 0.518. The molecular weight excluding hydrogens is 132 g/mol. The van der Waals surface area contributed by atoms with E-state index in [4.69, 9.17) is 11.5 Å². The van der Waals surface area contributed by atoms with Crippen LogP contribution in [0.2, 0.25) is 0 Å². The summed E-state index contributed by atoms with van der Waals surface area (Å²) in [7, 11) is 0. The molecule has 0 radical (unpaired) electrons. The molecule has 1 heterocycles. The summed E-state index contributed by atoms with van der Waals surface area (Å²) in [5.74, 6) is 0.269. The summed E-state index contributed by atoms with van der Waals surface area (Å²) in [4.78, 5) is 10.5. The number of nitrogen functional groups attached to an aromatic ring is 1. The van der Waals surface area contributed by atoms with Crippen LogP contribution in [0.15, 0.2) is 6.07 Å². The summed E-state index contributed by atoms with van der Waals surface area (Å²) >= 11 is 0. The normalized spacial score (nSPS) is 9.70. The van der Waals surface area contributed by atoms with Gasteiger partial charge in [-0.1, -0.05) is 0 Å². The van der Waals surface area contributed by atoms with E-state index in [0.717, 1.165) is 4.68 Å². The summed E-state index contributed by atoms with van der Waals surface area (Å²) in [5, 5.41) is 3.73. The van der Waals surface area contributed by atoms with Crippen LogP contribution in [-0.4, -0.2) is 15.8 Å². The summed E-state index contributed by atoms with van der Waals surface area (Å²) < 4.78 is 0.954. The first-order chi connectivity index (χ1) is 4.61. The van der Waals surface area contributed by atoms with Crippen molar-refractivity contribution in [2.45, 2.75) is 6.92 Å². The lowest BCUT2D eigenvalue weighted by molar-refractivity contribution is 0.248. The van der Waals surface area contributed by atoms with Gasteiger partial charge < -0.3 is 11.5 Å². The fraction of sp³-hybridized carbons (Fsp3) is 0.200. The number of hydrogen-bond acceptors (Lipinski definition) is 3. The molecule has 54 valence electrons. The topological polar surface area (TPSA) is 86.9 Å². The van der Waals surface area contributed by atoms with Crippen LogP contribution in [0.25, 0.3) is 0 Å². The van der Waals surface area contributed by atoms with E-state index in [2.05, 4.69) is 5.10 Å². The Labute approximate surface area is 57.6 Å². The molecule has 0 aliphatic carbocycles. The molecule has 10 heavy (non-hydrogen) atoms. The van der Waals surface area contributed by atoms with Crippen molar-refractivity contribution in [2.75, 3.05) is 5.73 Å². The van der Waals surface area contributed by atoms with E-state index in [0.29, 0.717) is 5.69 Å². The van der Waals surface area contributed by atoms with Gasteiger partial charge in [0, 0.05) is 6.07 Å². The van der Waals surface area contributed by atoms with Crippen LogP contribution in [0.1, 0.15) is 5.69 Å². The number of carbonyl (C=O) groups is 1. The van der Waals surface area contributed by atoms with Crippen molar-refractivity contribution in [2.24, 2.45) is 5.73 Å². The van der Waals surface area contributed by atoms with Crippen molar-refractivity contribution in [1.82, 2.24) is 9.78 Å². The van der Waals surface area contributed by atoms with E-state index in [1.54, 1.807) is 13.0 Å². The lowest BCUT2D eigenvalue weighted by Gasteiger charge is -1.93. The summed E-state index contributed by atoms with van der Waals surface area (Å²) in [5.41, 5.74) is 10.9. The smallest absolute Gasteiger partial charge is 0.341 e. The predicted octanol–water partition coefficient (Wildman–Crippen LogP) is -0.299. The van der Waals surface area contributed by atoms with Crippen LogP contribution in [-0.2, 0) is 0 Å². The van der Waals surface area contributed by atoms with Crippen LogP contribution in [0.5, 0.6) is 0 Å². The molecule has 4 N–H and O–H groups in total. The Morgan fingerprint density at radius 3 is 2.60 bits per heavy atom. The second kappa shape index (κ2) is 2.02. The Morgan fingerprint density at radius 2 is 2.40 bits per heavy atom. The standard InChI is InChI=1S/C5H8N4O/c1-3-2-4(6)9(8-3)5(7)10/h2H,6H2,1H3,(H2,7,10). The van der Waals surface area contributed by atoms with Crippen molar-refractivity contribution in [3.8, 4) is 0 Å². The third kappa shape index (κ3) is 0.928. The monoisotopic (exact) mass is 140 g/mol. The average molecular weight is 140 g/mol. The molecule has 5 nitrogen and oxygen atoms in total. The molecule has 0 aliphatic heterocycles. The molecule has 0 aliphatic rings. The minimum Gasteiger partial charge on any atom is -0.383 e. The molecule has 0 fully saturated rings. The number of nitrogens with two attached hydrogens (primary N) is 2. The third-order valence-electron chi connectivity index (χ3n) is 1.07. The van der Waals surface area contributed by atoms with E-state index in [1.807, 2.05) is 0 Å². The highest BCUT2D eigenvalue weighted by Gasteiger charge is 2.04. The van der Waals surface area contributed by atoms with E-state index >= 15 is 0 Å². The van der Waals surface area contributed by atoms with Crippen LogP contribution in [0.3, 0.4) is 0 Å². The fourth-order valence-electron chi connectivity index (χ4n) is 0.696. The van der Waals surface area contributed by atoms with E-state index < -0.39 is 6.03 Å². The highest BCUT2D eigenvalue weighted by Crippen LogP contribution is 2.02. The lowest BCUT2D eigenvalue weighted by atomic mass is 10.5. The lowest BCUT2D eigenvalue weighted by Crippen LogP contribution is -2.22. The number of hydrogen-bond donors (Lipinski definition) is 2. The molecule has 1 aromatic heterocycles. The molecule has 0 aromatic carbocycles. The summed E-state index contributed by atoms with van der Waals surface area (Å²) in [6, 6.07) is 0.913. The minimum absolute atomic E-state index is 0.269. The second-order valence-electron chi connectivity index (χ2n) is 1.96. The first-order valence-corrected chi connectivity index (χ1v) is 2.73. The maximum Gasteiger partial charge on any atom is 0.341 e. The summed E-state index contributed by atoms with van der Waals surface area (Å²) in [6.07, 6.45) is 0. The minimum atomic E-state index is -0.661. The highest BCUT2D eigenvalue weighted by atomic mass is 16.2. The number of amides is 1. The number of aryl methyl sites for hydroxylation is 1. The molecule has 1 aromatic rings. The van der Waals surface area contributed by atoms with Gasteiger partial charge >= 0.3 is 6.03 Å². The van der Waals surface area contributed by atoms with Crippen LogP contribution < -0.4 is 11.5 Å². The van der Waals surface area contributed by atoms with Gasteiger partial charge in [0.15, 0.2) is 0 Å². The van der Waals surface area contributed by atoms with Crippen molar-refractivity contribution in [1.29, 1.82) is 0 Å². The molecule has 1 rings (SSSR count). The second-order valence-corrected chi connectivity index (χ2v) is 1.96. The van der Waals surface area contributed by atoms with E-state index in [9.17, 15) is 4.79 Å². The van der Waals surface area contributed by atoms with Crippen molar-refractivity contribution < 1.29 is 4.79 Å². The first-order valence-electron chi connectivity index (χ1n) is 2.73. The SMILES string of the molecule is Cc1cc(N)n(C(N)=O)n1. The Morgan fingerprint density at radius 1 is 1.80 bits per heavy atom. The Bertz CT molecular complexity index is 265. The number of nitrogens with zero attached hydrogens (tertiary/aromatic N) is 2. The molecule has 5 heteroatoms. The number of primary amides is 1. The Balaban J connectivity index is 3.15. The van der Waals surface area contributed by atoms with Crippen LogP contribution >= 0.6 is 0 Å². The molecule has 0 atom stereocenters. The van der Waals surface area contributed by atoms with Gasteiger partial charge in [-0.2, -0.15) is 9.78 Å². The fourth-order valence-corrected chi connectivity index (χ4v) is 0.696. The number of carbonyl (C=O) groups excluding carboxylic acids is 1. The maximum absolute atomic E-state index is 10.5. The average Bonchev–Trinajstić information content (AvgIpc) is 2.10. The molecule has 0 unspecified atom stereocenters. The first kappa shape index (κ1) is 6.60. The number of rotatable bonds is 0. The Hall–Kier alpha value is -1.52. The van der Waals surface area contributed by atoms with Gasteiger partial charge in [0.25, 0.3) is 0 Å². The van der Waals surface area contributed by atoms with Crippen LogP contribution in [0, 0.1) is 6.92 Å².